The minimum Gasteiger partial charge on any atom is -0.355 e. The first-order valence-corrected chi connectivity index (χ1v) is 10.8. The van der Waals surface area contributed by atoms with Gasteiger partial charge in [-0.25, -0.2) is 18.7 Å². The van der Waals surface area contributed by atoms with Crippen molar-refractivity contribution in [1.82, 2.24) is 19.7 Å². The van der Waals surface area contributed by atoms with Gasteiger partial charge in [0.15, 0.2) is 0 Å². The number of hydrogen-bond acceptors (Lipinski definition) is 6. The fraction of sp³-hybridized carbons (Fsp3) is 0.381. The summed E-state index contributed by atoms with van der Waals surface area (Å²) >= 11 is 1.14. The van der Waals surface area contributed by atoms with Gasteiger partial charge in [-0.3, -0.25) is 4.68 Å². The van der Waals surface area contributed by atoms with Crippen LogP contribution in [0.4, 0.5) is 14.6 Å². The minimum absolute atomic E-state index is 0.0128. The number of nitrogens with zero attached hydrogens (tertiary/aromatic N) is 5. The van der Waals surface area contributed by atoms with Gasteiger partial charge >= 0.3 is 0 Å². The van der Waals surface area contributed by atoms with Crippen molar-refractivity contribution in [2.45, 2.75) is 42.3 Å². The molecule has 5 rings (SSSR count). The Balaban J connectivity index is 1.25. The van der Waals surface area contributed by atoms with Crippen LogP contribution < -0.4 is 10.6 Å². The average molecular weight is 429 g/mol. The lowest BCUT2D eigenvalue weighted by Crippen LogP contribution is -2.45. The van der Waals surface area contributed by atoms with E-state index in [9.17, 15) is 8.78 Å². The molecule has 2 aromatic heterocycles. The van der Waals surface area contributed by atoms with Crippen LogP contribution in [-0.2, 0) is 6.54 Å². The van der Waals surface area contributed by atoms with Gasteiger partial charge in [-0.2, -0.15) is 5.10 Å². The van der Waals surface area contributed by atoms with E-state index in [4.69, 9.17) is 5.73 Å². The Hall–Kier alpha value is -2.52. The zero-order valence-corrected chi connectivity index (χ0v) is 17.4. The first-order valence-electron chi connectivity index (χ1n) is 9.94. The molecule has 0 saturated carbocycles. The van der Waals surface area contributed by atoms with Crippen molar-refractivity contribution in [1.29, 1.82) is 0 Å². The number of anilines is 1. The number of benzene rings is 1. The molecule has 0 unspecified atom stereocenters. The van der Waals surface area contributed by atoms with Crippen LogP contribution in [-0.4, -0.2) is 32.8 Å². The highest BCUT2D eigenvalue weighted by atomic mass is 32.2. The largest absolute Gasteiger partial charge is 0.355 e. The maximum absolute atomic E-state index is 14.2. The van der Waals surface area contributed by atoms with Gasteiger partial charge in [0.1, 0.15) is 22.5 Å². The van der Waals surface area contributed by atoms with E-state index >= 15 is 0 Å². The van der Waals surface area contributed by atoms with E-state index in [1.165, 1.54) is 19.1 Å². The van der Waals surface area contributed by atoms with Crippen molar-refractivity contribution in [3.63, 3.8) is 0 Å². The molecule has 1 saturated heterocycles. The fourth-order valence-electron chi connectivity index (χ4n) is 4.45. The number of fused-ring (bicyclic) bond motifs is 1. The first kappa shape index (κ1) is 19.4. The van der Waals surface area contributed by atoms with E-state index in [1.54, 1.807) is 12.4 Å². The molecule has 2 aliphatic heterocycles. The summed E-state index contributed by atoms with van der Waals surface area (Å²) in [7, 11) is 0. The third kappa shape index (κ3) is 3.16. The summed E-state index contributed by atoms with van der Waals surface area (Å²) in [6.45, 7) is 4.00. The van der Waals surface area contributed by atoms with Gasteiger partial charge in [0.2, 0.25) is 0 Å². The molecule has 0 aliphatic carbocycles. The maximum atomic E-state index is 14.2. The number of aromatic nitrogens is 4. The lowest BCUT2D eigenvalue weighted by atomic mass is 9.73. The molecule has 1 atom stereocenters. The maximum Gasteiger partial charge on any atom is 0.147 e. The predicted octanol–water partition coefficient (Wildman–Crippen LogP) is 3.71. The Morgan fingerprint density at radius 2 is 1.93 bits per heavy atom. The average Bonchev–Trinajstić information content (AvgIpc) is 3.31. The second-order valence-corrected chi connectivity index (χ2v) is 9.10. The molecule has 0 bridgehead atoms. The van der Waals surface area contributed by atoms with Crippen molar-refractivity contribution in [3.8, 4) is 0 Å². The highest BCUT2D eigenvalue weighted by Gasteiger charge is 2.46. The Labute approximate surface area is 177 Å². The summed E-state index contributed by atoms with van der Waals surface area (Å²) < 4.78 is 29.7. The number of halogens is 2. The zero-order chi connectivity index (χ0) is 20.9. The third-order valence-corrected chi connectivity index (χ3v) is 7.34. The van der Waals surface area contributed by atoms with E-state index in [1.807, 2.05) is 16.9 Å². The van der Waals surface area contributed by atoms with Crippen LogP contribution in [0.5, 0.6) is 0 Å². The van der Waals surface area contributed by atoms with E-state index in [0.29, 0.717) is 9.92 Å². The molecule has 2 aliphatic rings. The summed E-state index contributed by atoms with van der Waals surface area (Å²) in [5, 5.41) is 4.96. The standard InChI is InChI=1S/C21H22F2N6S/c1-13-14(22)2-3-16(19(13)23)30-18-11-25-17(10-26-18)28-8-5-21(6-9-28)12-29-15(20(21)24)4-7-27-29/h2-4,7,10-11,20H,5-6,8-9,12,24H2,1H3/t20-/m1/s1. The van der Waals surface area contributed by atoms with Crippen molar-refractivity contribution < 1.29 is 8.78 Å². The molecule has 9 heteroatoms. The Morgan fingerprint density at radius 1 is 1.13 bits per heavy atom. The van der Waals surface area contributed by atoms with Gasteiger partial charge in [0.25, 0.3) is 0 Å². The molecule has 0 amide bonds. The molecule has 156 valence electrons. The highest BCUT2D eigenvalue weighted by Crippen LogP contribution is 2.47. The monoisotopic (exact) mass is 428 g/mol. The summed E-state index contributed by atoms with van der Waals surface area (Å²) in [4.78, 5) is 11.5. The fourth-order valence-corrected chi connectivity index (χ4v) is 5.27. The molecule has 0 radical (unpaired) electrons. The summed E-state index contributed by atoms with van der Waals surface area (Å²) in [6.07, 6.45) is 7.10. The molecule has 1 spiro atoms. The van der Waals surface area contributed by atoms with Gasteiger partial charge in [0, 0.05) is 36.8 Å². The van der Waals surface area contributed by atoms with Crippen LogP contribution in [0.2, 0.25) is 0 Å². The van der Waals surface area contributed by atoms with Crippen molar-refractivity contribution in [2.75, 3.05) is 18.0 Å². The highest BCUT2D eigenvalue weighted by molar-refractivity contribution is 7.99. The third-order valence-electron chi connectivity index (χ3n) is 6.39. The molecule has 1 fully saturated rings. The summed E-state index contributed by atoms with van der Waals surface area (Å²) in [5.41, 5.74) is 7.73. The van der Waals surface area contributed by atoms with E-state index in [2.05, 4.69) is 20.0 Å². The van der Waals surface area contributed by atoms with Crippen LogP contribution >= 0.6 is 11.8 Å². The Morgan fingerprint density at radius 3 is 2.63 bits per heavy atom. The molecular weight excluding hydrogens is 406 g/mol. The van der Waals surface area contributed by atoms with Crippen LogP contribution in [0.3, 0.4) is 0 Å². The lowest BCUT2D eigenvalue weighted by molar-refractivity contribution is 0.170. The van der Waals surface area contributed by atoms with Crippen LogP contribution in [0.1, 0.15) is 30.1 Å². The topological polar surface area (TPSA) is 72.9 Å². The Kier molecular flexibility index (Phi) is 4.74. The van der Waals surface area contributed by atoms with E-state index in [-0.39, 0.29) is 17.0 Å². The molecule has 3 aromatic rings. The van der Waals surface area contributed by atoms with Gasteiger partial charge in [-0.1, -0.05) is 11.8 Å². The van der Waals surface area contributed by atoms with Gasteiger partial charge in [0.05, 0.1) is 29.0 Å². The molecule has 6 nitrogen and oxygen atoms in total. The predicted molar refractivity (Wildman–Crippen MR) is 110 cm³/mol. The quantitative estimate of drug-likeness (QED) is 0.686. The smallest absolute Gasteiger partial charge is 0.147 e. The van der Waals surface area contributed by atoms with Crippen molar-refractivity contribution in [2.24, 2.45) is 11.1 Å². The van der Waals surface area contributed by atoms with Gasteiger partial charge in [-0.05, 0) is 38.0 Å². The first-order chi connectivity index (χ1) is 14.5. The number of hydrogen-bond donors (Lipinski definition) is 1. The van der Waals surface area contributed by atoms with E-state index in [0.717, 1.165) is 55.7 Å². The minimum atomic E-state index is -0.555. The Bertz CT molecular complexity index is 1080. The van der Waals surface area contributed by atoms with Crippen molar-refractivity contribution >= 4 is 17.6 Å². The molecular formula is C21H22F2N6S. The SMILES string of the molecule is Cc1c(F)ccc(Sc2cnc(N3CCC4(CC3)Cn3nccc3[C@H]4N)cn2)c1F. The zero-order valence-electron chi connectivity index (χ0n) is 16.6. The van der Waals surface area contributed by atoms with Crippen molar-refractivity contribution in [3.05, 3.63) is 59.7 Å². The van der Waals surface area contributed by atoms with Crippen LogP contribution in [0.15, 0.2) is 46.7 Å². The number of piperidine rings is 1. The van der Waals surface area contributed by atoms with Crippen LogP contribution in [0.25, 0.3) is 0 Å². The number of nitrogens with two attached hydrogens (primary N) is 1. The molecule has 4 heterocycles. The van der Waals surface area contributed by atoms with Crippen LogP contribution in [0, 0.1) is 24.0 Å². The van der Waals surface area contributed by atoms with E-state index < -0.39 is 11.6 Å². The second kappa shape index (κ2) is 7.31. The lowest BCUT2D eigenvalue weighted by Gasteiger charge is -2.41. The molecule has 30 heavy (non-hydrogen) atoms. The molecule has 2 N–H and O–H groups in total. The summed E-state index contributed by atoms with van der Waals surface area (Å²) in [5.74, 6) is -0.305. The van der Waals surface area contributed by atoms with Gasteiger partial charge < -0.3 is 10.6 Å². The second-order valence-electron chi connectivity index (χ2n) is 8.04. The molecule has 1 aromatic carbocycles. The van der Waals surface area contributed by atoms with Gasteiger partial charge in [-0.15, -0.1) is 0 Å². The normalized spacial score (nSPS) is 20.0. The summed E-state index contributed by atoms with van der Waals surface area (Å²) in [6, 6.07) is 4.73. The number of rotatable bonds is 3.